The molecule has 4 aromatic rings. The van der Waals surface area contributed by atoms with Crippen molar-refractivity contribution < 1.29 is 9.59 Å². The van der Waals surface area contributed by atoms with E-state index in [-0.39, 0.29) is 0 Å². The largest absolute Gasteiger partial charge is 0.361 e. The van der Waals surface area contributed by atoms with E-state index in [4.69, 9.17) is 0 Å². The standard InChI is InChI=1S/C22H20N4O2S/c1-14-6-5-9-17-20(14)16(13-24-17)10-11-23-21(27)22(28)25-19-12-18(26-29-19)15-7-3-2-4-8-15/h2-9,12-13,24H,10-11H2,1H3,(H,23,27)(H,25,28). The van der Waals surface area contributed by atoms with E-state index >= 15 is 0 Å². The Kier molecular flexibility index (Phi) is 5.39. The highest BCUT2D eigenvalue weighted by Crippen LogP contribution is 2.25. The van der Waals surface area contributed by atoms with E-state index in [1.165, 1.54) is 10.9 Å². The Morgan fingerprint density at radius 3 is 2.72 bits per heavy atom. The van der Waals surface area contributed by atoms with Gasteiger partial charge in [-0.3, -0.25) is 9.59 Å². The number of nitrogens with one attached hydrogen (secondary N) is 3. The fourth-order valence-electron chi connectivity index (χ4n) is 3.29. The summed E-state index contributed by atoms with van der Waals surface area (Å²) in [5.41, 5.74) is 5.10. The molecule has 2 aromatic carbocycles. The number of aromatic amines is 1. The highest BCUT2D eigenvalue weighted by atomic mass is 32.1. The van der Waals surface area contributed by atoms with Gasteiger partial charge < -0.3 is 15.6 Å². The third-order valence-electron chi connectivity index (χ3n) is 4.70. The van der Waals surface area contributed by atoms with Crippen LogP contribution >= 0.6 is 11.5 Å². The molecule has 7 heteroatoms. The quantitative estimate of drug-likeness (QED) is 0.441. The highest BCUT2D eigenvalue weighted by molar-refractivity contribution is 7.10. The Bertz CT molecular complexity index is 1160. The van der Waals surface area contributed by atoms with E-state index in [1.54, 1.807) is 6.07 Å². The molecule has 0 atom stereocenters. The van der Waals surface area contributed by atoms with E-state index in [2.05, 4.69) is 33.0 Å². The van der Waals surface area contributed by atoms with Crippen molar-refractivity contribution in [2.75, 3.05) is 11.9 Å². The van der Waals surface area contributed by atoms with Gasteiger partial charge >= 0.3 is 11.8 Å². The summed E-state index contributed by atoms with van der Waals surface area (Å²) in [6.07, 6.45) is 2.59. The van der Waals surface area contributed by atoms with E-state index < -0.39 is 11.8 Å². The molecule has 2 heterocycles. The van der Waals surface area contributed by atoms with Crippen molar-refractivity contribution in [2.45, 2.75) is 13.3 Å². The maximum Gasteiger partial charge on any atom is 0.314 e. The monoisotopic (exact) mass is 404 g/mol. The van der Waals surface area contributed by atoms with E-state index in [0.717, 1.165) is 33.9 Å². The first-order valence-corrected chi connectivity index (χ1v) is 10.1. The summed E-state index contributed by atoms with van der Waals surface area (Å²) in [5, 5.41) is 7.00. The summed E-state index contributed by atoms with van der Waals surface area (Å²) in [7, 11) is 0. The van der Waals surface area contributed by atoms with Gasteiger partial charge in [0.25, 0.3) is 0 Å². The predicted molar refractivity (Wildman–Crippen MR) is 116 cm³/mol. The van der Waals surface area contributed by atoms with Crippen molar-refractivity contribution in [3.8, 4) is 11.3 Å². The van der Waals surface area contributed by atoms with Crippen molar-refractivity contribution in [1.82, 2.24) is 14.7 Å². The molecule has 0 unspecified atom stereocenters. The van der Waals surface area contributed by atoms with Crippen molar-refractivity contribution in [3.63, 3.8) is 0 Å². The van der Waals surface area contributed by atoms with Crippen LogP contribution in [0, 0.1) is 6.92 Å². The molecule has 3 N–H and O–H groups in total. The average molecular weight is 404 g/mol. The van der Waals surface area contributed by atoms with Gasteiger partial charge in [-0.15, -0.1) is 0 Å². The van der Waals surface area contributed by atoms with Crippen molar-refractivity contribution in [1.29, 1.82) is 0 Å². The molecule has 2 amide bonds. The molecular weight excluding hydrogens is 384 g/mol. The van der Waals surface area contributed by atoms with Crippen molar-refractivity contribution in [2.24, 2.45) is 0 Å². The maximum absolute atomic E-state index is 12.2. The van der Waals surface area contributed by atoms with Gasteiger partial charge in [-0.2, -0.15) is 4.37 Å². The lowest BCUT2D eigenvalue weighted by Crippen LogP contribution is -2.36. The number of nitrogens with zero attached hydrogens (tertiary/aromatic N) is 1. The van der Waals surface area contributed by atoms with Gasteiger partial charge in [0.1, 0.15) is 5.00 Å². The molecule has 0 spiro atoms. The van der Waals surface area contributed by atoms with Crippen LogP contribution in [-0.2, 0) is 16.0 Å². The molecule has 0 radical (unpaired) electrons. The van der Waals surface area contributed by atoms with Crippen LogP contribution in [0.3, 0.4) is 0 Å². The molecule has 29 heavy (non-hydrogen) atoms. The zero-order chi connectivity index (χ0) is 20.2. The molecular formula is C22H20N4O2S. The number of hydrogen-bond acceptors (Lipinski definition) is 4. The molecule has 2 aromatic heterocycles. The molecule has 0 bridgehead atoms. The maximum atomic E-state index is 12.2. The number of anilines is 1. The molecule has 6 nitrogen and oxygen atoms in total. The fourth-order valence-corrected chi connectivity index (χ4v) is 3.94. The van der Waals surface area contributed by atoms with Gasteiger partial charge in [0.05, 0.1) is 5.69 Å². The van der Waals surface area contributed by atoms with E-state index in [1.807, 2.05) is 48.7 Å². The summed E-state index contributed by atoms with van der Waals surface area (Å²) in [6.45, 7) is 2.44. The number of carbonyl (C=O) groups excluding carboxylic acids is 2. The number of H-pyrrole nitrogens is 1. The number of hydrogen-bond donors (Lipinski definition) is 3. The lowest BCUT2D eigenvalue weighted by molar-refractivity contribution is -0.136. The lowest BCUT2D eigenvalue weighted by Gasteiger charge is -2.05. The van der Waals surface area contributed by atoms with Crippen molar-refractivity contribution in [3.05, 3.63) is 71.9 Å². The van der Waals surface area contributed by atoms with Crippen LogP contribution in [0.4, 0.5) is 5.00 Å². The number of aromatic nitrogens is 2. The van der Waals surface area contributed by atoms with Crippen molar-refractivity contribution >= 4 is 39.3 Å². The van der Waals surface area contributed by atoms with Gasteiger partial charge in [0.15, 0.2) is 0 Å². The third kappa shape index (κ3) is 4.20. The van der Waals surface area contributed by atoms with Crippen LogP contribution in [0.25, 0.3) is 22.2 Å². The summed E-state index contributed by atoms with van der Waals surface area (Å²) in [5.74, 6) is -1.35. The fraction of sp³-hybridized carbons (Fsp3) is 0.136. The van der Waals surface area contributed by atoms with Gasteiger partial charge in [-0.1, -0.05) is 42.5 Å². The van der Waals surface area contributed by atoms with Gasteiger partial charge in [0.2, 0.25) is 0 Å². The minimum absolute atomic E-state index is 0.380. The van der Waals surface area contributed by atoms with Crippen LogP contribution < -0.4 is 10.6 Å². The minimum atomic E-state index is -0.691. The van der Waals surface area contributed by atoms with Gasteiger partial charge in [0, 0.05) is 35.3 Å². The number of rotatable bonds is 5. The number of amides is 2. The number of benzene rings is 2. The first kappa shape index (κ1) is 18.9. The highest BCUT2D eigenvalue weighted by Gasteiger charge is 2.15. The van der Waals surface area contributed by atoms with Crippen LogP contribution in [-0.4, -0.2) is 27.7 Å². The second kappa shape index (κ2) is 8.28. The Morgan fingerprint density at radius 1 is 1.07 bits per heavy atom. The van der Waals surface area contributed by atoms with E-state index in [9.17, 15) is 9.59 Å². The minimum Gasteiger partial charge on any atom is -0.361 e. The molecule has 0 aliphatic heterocycles. The van der Waals surface area contributed by atoms with Crippen LogP contribution in [0.15, 0.2) is 60.8 Å². The summed E-state index contributed by atoms with van der Waals surface area (Å²) >= 11 is 1.15. The summed E-state index contributed by atoms with van der Waals surface area (Å²) in [4.78, 5) is 27.5. The molecule has 4 rings (SSSR count). The summed E-state index contributed by atoms with van der Waals surface area (Å²) in [6, 6.07) is 17.5. The topological polar surface area (TPSA) is 86.9 Å². The van der Waals surface area contributed by atoms with E-state index in [0.29, 0.717) is 18.0 Å². The first-order valence-electron chi connectivity index (χ1n) is 9.29. The summed E-state index contributed by atoms with van der Waals surface area (Å²) < 4.78 is 4.32. The molecule has 0 saturated heterocycles. The molecule has 146 valence electrons. The zero-order valence-corrected chi connectivity index (χ0v) is 16.7. The average Bonchev–Trinajstić information content (AvgIpc) is 3.36. The Labute approximate surface area is 172 Å². The molecule has 0 fully saturated rings. The third-order valence-corrected chi connectivity index (χ3v) is 5.40. The SMILES string of the molecule is Cc1cccc2[nH]cc(CCNC(=O)C(=O)Nc3cc(-c4ccccc4)ns3)c12. The second-order valence-electron chi connectivity index (χ2n) is 6.71. The smallest absolute Gasteiger partial charge is 0.314 e. The first-order chi connectivity index (χ1) is 14.1. The Morgan fingerprint density at radius 2 is 1.90 bits per heavy atom. The van der Waals surface area contributed by atoms with Crippen LogP contribution in [0.5, 0.6) is 0 Å². The predicted octanol–water partition coefficient (Wildman–Crippen LogP) is 3.90. The lowest BCUT2D eigenvalue weighted by atomic mass is 10.1. The number of carbonyl (C=O) groups is 2. The molecule has 0 aliphatic rings. The molecule has 0 saturated carbocycles. The second-order valence-corrected chi connectivity index (χ2v) is 7.52. The Hall–Kier alpha value is -3.45. The Balaban J connectivity index is 1.32. The van der Waals surface area contributed by atoms with Crippen LogP contribution in [0.2, 0.25) is 0 Å². The molecule has 0 aliphatic carbocycles. The number of aryl methyl sites for hydroxylation is 1. The van der Waals surface area contributed by atoms with Gasteiger partial charge in [-0.05, 0) is 42.1 Å². The van der Waals surface area contributed by atoms with Gasteiger partial charge in [-0.25, -0.2) is 0 Å². The van der Waals surface area contributed by atoms with Crippen LogP contribution in [0.1, 0.15) is 11.1 Å². The number of fused-ring (bicyclic) bond motifs is 1. The normalized spacial score (nSPS) is 10.8. The zero-order valence-electron chi connectivity index (χ0n) is 15.9.